The Bertz CT molecular complexity index is 1100. The number of unbranched alkanes of at least 4 members (excludes halogenated alkanes) is 4. The molecule has 0 bridgehead atoms. The highest BCUT2D eigenvalue weighted by molar-refractivity contribution is 5.78. The first-order chi connectivity index (χ1) is 17.2. The Hall–Kier alpha value is -3.23. The summed E-state index contributed by atoms with van der Waals surface area (Å²) in [5, 5.41) is 6.10. The average Bonchev–Trinajstić information content (AvgIpc) is 2.90. The lowest BCUT2D eigenvalue weighted by molar-refractivity contribution is 0.0342. The zero-order valence-electron chi connectivity index (χ0n) is 20.1. The largest absolute Gasteiger partial charge is 0.494 e. The molecule has 1 aliphatic heterocycles. The first-order valence-corrected chi connectivity index (χ1v) is 12.5. The smallest absolute Gasteiger partial charge is 0.253 e. The van der Waals surface area contributed by atoms with Gasteiger partial charge in [-0.15, -0.1) is 0 Å². The number of ether oxygens (including phenoxy) is 2. The quantitative estimate of drug-likeness (QED) is 0.268. The first kappa shape index (κ1) is 24.9. The van der Waals surface area contributed by atoms with E-state index in [0.29, 0.717) is 30.2 Å². The van der Waals surface area contributed by atoms with Crippen molar-refractivity contribution in [2.24, 2.45) is 0 Å². The van der Waals surface area contributed by atoms with Crippen LogP contribution in [0, 0.1) is 0 Å². The summed E-state index contributed by atoms with van der Waals surface area (Å²) in [4.78, 5) is 30.2. The fraction of sp³-hybridized carbons (Fsp3) is 0.444. The lowest BCUT2D eigenvalue weighted by Gasteiger charge is -2.26. The minimum absolute atomic E-state index is 0.328. The molecule has 186 valence electrons. The number of benzene rings is 1. The molecule has 8 nitrogen and oxygen atoms in total. The third-order valence-electron chi connectivity index (χ3n) is 6.17. The molecule has 2 heterocycles. The molecule has 1 aromatic heterocycles. The summed E-state index contributed by atoms with van der Waals surface area (Å²) in [7, 11) is 0. The Morgan fingerprint density at radius 3 is 2.43 bits per heavy atom. The molecule has 4 rings (SSSR count). The average molecular weight is 479 g/mol. The summed E-state index contributed by atoms with van der Waals surface area (Å²) in [5.74, 6) is 0.920. The highest BCUT2D eigenvalue weighted by Crippen LogP contribution is 2.20. The predicted molar refractivity (Wildman–Crippen MR) is 138 cm³/mol. The van der Waals surface area contributed by atoms with Crippen LogP contribution in [0.4, 0.5) is 17.1 Å². The Kier molecular flexibility index (Phi) is 9.25. The zero-order valence-corrected chi connectivity index (χ0v) is 20.1. The van der Waals surface area contributed by atoms with Crippen LogP contribution in [-0.2, 0) is 11.3 Å². The molecule has 0 unspecified atom stereocenters. The van der Waals surface area contributed by atoms with E-state index in [1.165, 1.54) is 5.56 Å². The van der Waals surface area contributed by atoms with E-state index in [4.69, 9.17) is 9.47 Å². The second-order valence-corrected chi connectivity index (χ2v) is 8.85. The van der Waals surface area contributed by atoms with Crippen LogP contribution in [0.3, 0.4) is 0 Å². The lowest BCUT2D eigenvalue weighted by atomic mass is 10.1. The lowest BCUT2D eigenvalue weighted by Crippen LogP contribution is -2.36. The van der Waals surface area contributed by atoms with E-state index in [9.17, 15) is 9.59 Å². The molecule has 2 aromatic carbocycles. The van der Waals surface area contributed by atoms with Crippen molar-refractivity contribution in [2.75, 3.05) is 50.1 Å². The molecule has 2 N–H and O–H groups in total. The van der Waals surface area contributed by atoms with Crippen molar-refractivity contribution >= 4 is 17.1 Å². The van der Waals surface area contributed by atoms with Crippen molar-refractivity contribution < 1.29 is 9.47 Å². The van der Waals surface area contributed by atoms with E-state index in [1.54, 1.807) is 24.5 Å². The van der Waals surface area contributed by atoms with Gasteiger partial charge in [0.15, 0.2) is 0 Å². The summed E-state index contributed by atoms with van der Waals surface area (Å²) >= 11 is 0. The van der Waals surface area contributed by atoms with Crippen molar-refractivity contribution in [1.29, 1.82) is 0 Å². The van der Waals surface area contributed by atoms with Crippen molar-refractivity contribution in [3.63, 3.8) is 0 Å². The molecule has 3 aromatic rings. The number of morpholine rings is 1. The van der Waals surface area contributed by atoms with E-state index < -0.39 is 10.9 Å². The van der Waals surface area contributed by atoms with Crippen LogP contribution in [-0.4, -0.2) is 49.3 Å². The van der Waals surface area contributed by atoms with Crippen LogP contribution >= 0.6 is 0 Å². The van der Waals surface area contributed by atoms with Gasteiger partial charge < -0.3 is 20.1 Å². The van der Waals surface area contributed by atoms with Crippen LogP contribution in [0.15, 0.2) is 58.4 Å². The molecule has 0 amide bonds. The van der Waals surface area contributed by atoms with Gasteiger partial charge in [-0.05, 0) is 42.7 Å². The maximum Gasteiger partial charge on any atom is 0.253 e. The summed E-state index contributed by atoms with van der Waals surface area (Å²) in [6.07, 6.45) is 8.50. The molecule has 0 saturated carbocycles. The van der Waals surface area contributed by atoms with Gasteiger partial charge in [-0.25, -0.2) is 0 Å². The molecular formula is C27H34N4O4. The van der Waals surface area contributed by atoms with Crippen molar-refractivity contribution in [1.82, 2.24) is 9.88 Å². The Labute approximate surface area is 206 Å². The predicted octanol–water partition coefficient (Wildman–Crippen LogP) is 3.69. The van der Waals surface area contributed by atoms with E-state index in [1.807, 2.05) is 0 Å². The van der Waals surface area contributed by atoms with Gasteiger partial charge in [-0.3, -0.25) is 19.5 Å². The maximum atomic E-state index is 11.9. The number of nitrogens with zero attached hydrogens (tertiary/aromatic N) is 2. The molecule has 35 heavy (non-hydrogen) atoms. The molecule has 1 saturated heterocycles. The topological polar surface area (TPSA) is 92.8 Å². The van der Waals surface area contributed by atoms with Gasteiger partial charge >= 0.3 is 0 Å². The minimum Gasteiger partial charge on any atom is -0.494 e. The van der Waals surface area contributed by atoms with Crippen LogP contribution < -0.4 is 26.2 Å². The van der Waals surface area contributed by atoms with Crippen LogP contribution in [0.1, 0.15) is 37.7 Å². The van der Waals surface area contributed by atoms with Gasteiger partial charge in [0.25, 0.3) is 10.9 Å². The second-order valence-electron chi connectivity index (χ2n) is 8.85. The van der Waals surface area contributed by atoms with Gasteiger partial charge in [0.2, 0.25) is 0 Å². The van der Waals surface area contributed by atoms with E-state index in [-0.39, 0.29) is 0 Å². The van der Waals surface area contributed by atoms with Crippen molar-refractivity contribution in [2.45, 2.75) is 38.6 Å². The third kappa shape index (κ3) is 7.37. The molecule has 0 atom stereocenters. The normalized spacial score (nSPS) is 14.2. The molecule has 1 fully saturated rings. The SMILES string of the molecule is O=c1c(NCCCCCCCOc2ccc(CN3CCOCC3)cc2)c(Nc2cccnc2)c1=O. The summed E-state index contributed by atoms with van der Waals surface area (Å²) in [5.41, 5.74) is 1.76. The second kappa shape index (κ2) is 13.0. The number of anilines is 3. The van der Waals surface area contributed by atoms with E-state index >= 15 is 0 Å². The molecule has 8 heteroatoms. The summed E-state index contributed by atoms with van der Waals surface area (Å²) in [6.45, 7) is 5.97. The summed E-state index contributed by atoms with van der Waals surface area (Å²) < 4.78 is 11.3. The number of hydrogen-bond donors (Lipinski definition) is 2. The fourth-order valence-electron chi connectivity index (χ4n) is 4.13. The van der Waals surface area contributed by atoms with Gasteiger partial charge in [0.05, 0.1) is 31.7 Å². The molecular weight excluding hydrogens is 444 g/mol. The highest BCUT2D eigenvalue weighted by Gasteiger charge is 2.20. The Morgan fingerprint density at radius 1 is 0.914 bits per heavy atom. The number of aromatic nitrogens is 1. The van der Waals surface area contributed by atoms with E-state index in [0.717, 1.165) is 70.7 Å². The minimum atomic E-state index is -0.483. The highest BCUT2D eigenvalue weighted by atomic mass is 16.5. The Balaban J connectivity index is 1.05. The summed E-state index contributed by atoms with van der Waals surface area (Å²) in [6, 6.07) is 12.0. The van der Waals surface area contributed by atoms with Crippen LogP contribution in [0.5, 0.6) is 5.75 Å². The number of nitrogens with one attached hydrogen (secondary N) is 2. The molecule has 0 spiro atoms. The van der Waals surface area contributed by atoms with Crippen LogP contribution in [0.25, 0.3) is 0 Å². The van der Waals surface area contributed by atoms with Crippen LogP contribution in [0.2, 0.25) is 0 Å². The van der Waals surface area contributed by atoms with E-state index in [2.05, 4.69) is 44.8 Å². The number of hydrogen-bond acceptors (Lipinski definition) is 8. The van der Waals surface area contributed by atoms with Gasteiger partial charge in [0, 0.05) is 32.4 Å². The standard InChI is InChI=1S/C27H34N4O4/c32-26-24(25(27(26)33)30-22-7-6-12-28-19-22)29-13-4-2-1-3-5-16-35-23-10-8-21(9-11-23)20-31-14-17-34-18-15-31/h6-12,19,29-30H,1-5,13-18,20H2. The molecule has 0 radical (unpaired) electrons. The van der Waals surface area contributed by atoms with Crippen molar-refractivity contribution in [3.05, 3.63) is 74.8 Å². The Morgan fingerprint density at radius 2 is 1.66 bits per heavy atom. The first-order valence-electron chi connectivity index (χ1n) is 12.5. The van der Waals surface area contributed by atoms with Crippen molar-refractivity contribution in [3.8, 4) is 5.75 Å². The third-order valence-corrected chi connectivity index (χ3v) is 6.17. The maximum absolute atomic E-state index is 11.9. The zero-order chi connectivity index (χ0) is 24.3. The number of pyridine rings is 1. The monoisotopic (exact) mass is 478 g/mol. The molecule has 0 aliphatic carbocycles. The van der Waals surface area contributed by atoms with Gasteiger partial charge in [0.1, 0.15) is 17.1 Å². The fourth-order valence-corrected chi connectivity index (χ4v) is 4.13. The number of rotatable bonds is 14. The van der Waals surface area contributed by atoms with Gasteiger partial charge in [-0.2, -0.15) is 0 Å². The molecule has 1 aliphatic rings. The van der Waals surface area contributed by atoms with Gasteiger partial charge in [-0.1, -0.05) is 31.4 Å².